The molecule has 2 heteroatoms. The highest BCUT2D eigenvalue weighted by atomic mass is 14.7. The summed E-state index contributed by atoms with van der Waals surface area (Å²) in [6.07, 6.45) is 0. The molecule has 2 nitrogen and oxygen atoms in total. The molecule has 0 aliphatic rings. The van der Waals surface area contributed by atoms with Gasteiger partial charge in [0.05, 0.1) is 11.4 Å². The summed E-state index contributed by atoms with van der Waals surface area (Å²) in [7, 11) is 0. The van der Waals surface area contributed by atoms with Crippen molar-refractivity contribution in [2.45, 2.75) is 0 Å². The molecule has 0 radical (unpaired) electrons. The van der Waals surface area contributed by atoms with Gasteiger partial charge in [-0.15, -0.1) is 0 Å². The molecule has 0 saturated carbocycles. The second-order valence-electron chi connectivity index (χ2n) is 12.4. The normalized spacial score (nSPS) is 11.5. The monoisotopic (exact) mass is 612 g/mol. The molecule has 226 valence electrons. The van der Waals surface area contributed by atoms with Gasteiger partial charge < -0.3 is 11.5 Å². The van der Waals surface area contributed by atoms with Crippen molar-refractivity contribution in [2.24, 2.45) is 0 Å². The van der Waals surface area contributed by atoms with E-state index in [0.717, 1.165) is 87.6 Å². The van der Waals surface area contributed by atoms with E-state index in [1.165, 1.54) is 0 Å². The molecule has 48 heavy (non-hydrogen) atoms. The van der Waals surface area contributed by atoms with Gasteiger partial charge in [0.25, 0.3) is 0 Å². The van der Waals surface area contributed by atoms with Gasteiger partial charge in [0.1, 0.15) is 0 Å². The maximum absolute atomic E-state index is 7.59. The molecule has 9 rings (SSSR count). The first kappa shape index (κ1) is 27.9. The van der Waals surface area contributed by atoms with E-state index in [-0.39, 0.29) is 0 Å². The minimum absolute atomic E-state index is 0.673. The predicted molar refractivity (Wildman–Crippen MR) is 207 cm³/mol. The van der Waals surface area contributed by atoms with Crippen molar-refractivity contribution in [1.29, 1.82) is 0 Å². The summed E-state index contributed by atoms with van der Waals surface area (Å²) in [4.78, 5) is 0. The van der Waals surface area contributed by atoms with E-state index in [4.69, 9.17) is 11.5 Å². The highest BCUT2D eigenvalue weighted by Crippen LogP contribution is 2.55. The average molecular weight is 613 g/mol. The summed E-state index contributed by atoms with van der Waals surface area (Å²) in [6, 6.07) is 60.1. The first-order valence-electron chi connectivity index (χ1n) is 16.4. The quantitative estimate of drug-likeness (QED) is 0.194. The molecule has 0 unspecified atom stereocenters. The summed E-state index contributed by atoms with van der Waals surface area (Å²) >= 11 is 0. The van der Waals surface area contributed by atoms with Crippen molar-refractivity contribution >= 4 is 54.5 Å². The minimum atomic E-state index is 0.673. The zero-order chi connectivity index (χ0) is 32.2. The Morgan fingerprint density at radius 2 is 0.479 bits per heavy atom. The van der Waals surface area contributed by atoms with Crippen molar-refractivity contribution in [3.05, 3.63) is 170 Å². The molecule has 0 spiro atoms. The SMILES string of the molecule is Nc1c(-c2cccc3ccccc23)c(N)c(-c2cccc3ccccc23)c(-c2cccc3ccccc23)c1-c1cccc2ccccc12. The zero-order valence-corrected chi connectivity index (χ0v) is 26.3. The molecule has 0 aliphatic heterocycles. The molecule has 0 saturated heterocycles. The fraction of sp³-hybridized carbons (Fsp3) is 0. The van der Waals surface area contributed by atoms with Crippen molar-refractivity contribution in [3.8, 4) is 44.5 Å². The number of fused-ring (bicyclic) bond motifs is 4. The van der Waals surface area contributed by atoms with Crippen LogP contribution in [-0.4, -0.2) is 0 Å². The lowest BCUT2D eigenvalue weighted by atomic mass is 9.78. The number of nitrogen functional groups attached to an aromatic ring is 2. The van der Waals surface area contributed by atoms with Gasteiger partial charge in [-0.1, -0.05) is 170 Å². The van der Waals surface area contributed by atoms with Crippen molar-refractivity contribution in [2.75, 3.05) is 11.5 Å². The lowest BCUT2D eigenvalue weighted by Gasteiger charge is -2.27. The summed E-state index contributed by atoms with van der Waals surface area (Å²) in [6.45, 7) is 0. The standard InChI is InChI=1S/C46H32N2/c47-45-42(38-26-10-18-30-14-2-6-22-34(30)38)41(37-25-9-17-29-13-1-5-21-33(29)37)43(39-27-11-19-31-15-3-7-23-35(31)39)46(48)44(45)40-28-12-20-32-16-4-8-24-36(32)40/h1-28H,47-48H2. The third-order valence-electron chi connectivity index (χ3n) is 9.81. The Morgan fingerprint density at radius 1 is 0.229 bits per heavy atom. The number of nitrogens with two attached hydrogens (primary N) is 2. The molecule has 0 atom stereocenters. The van der Waals surface area contributed by atoms with Gasteiger partial charge in [0, 0.05) is 22.3 Å². The second kappa shape index (κ2) is 11.2. The largest absolute Gasteiger partial charge is 0.398 e. The van der Waals surface area contributed by atoms with Crippen molar-refractivity contribution in [1.82, 2.24) is 0 Å². The van der Waals surface area contributed by atoms with Crippen LogP contribution in [0.3, 0.4) is 0 Å². The van der Waals surface area contributed by atoms with Crippen LogP contribution in [0.5, 0.6) is 0 Å². The topological polar surface area (TPSA) is 52.0 Å². The summed E-state index contributed by atoms with van der Waals surface area (Å²) < 4.78 is 0. The maximum Gasteiger partial charge on any atom is 0.0501 e. The minimum Gasteiger partial charge on any atom is -0.398 e. The Hall–Kier alpha value is -6.38. The van der Waals surface area contributed by atoms with Crippen molar-refractivity contribution in [3.63, 3.8) is 0 Å². The van der Waals surface area contributed by atoms with Crippen LogP contribution in [0.1, 0.15) is 0 Å². The number of anilines is 2. The van der Waals surface area contributed by atoms with Crippen LogP contribution in [0.25, 0.3) is 87.6 Å². The second-order valence-corrected chi connectivity index (χ2v) is 12.4. The van der Waals surface area contributed by atoms with Gasteiger partial charge >= 0.3 is 0 Å². The molecule has 0 heterocycles. The predicted octanol–water partition coefficient (Wildman–Crippen LogP) is 12.1. The zero-order valence-electron chi connectivity index (χ0n) is 26.3. The molecule has 0 fully saturated rings. The Bertz CT molecular complexity index is 2580. The third kappa shape index (κ3) is 4.27. The van der Waals surface area contributed by atoms with E-state index >= 15 is 0 Å². The molecule has 9 aromatic carbocycles. The van der Waals surface area contributed by atoms with Crippen LogP contribution in [0.4, 0.5) is 11.4 Å². The van der Waals surface area contributed by atoms with Gasteiger partial charge in [0.15, 0.2) is 0 Å². The molecular formula is C46H32N2. The van der Waals surface area contributed by atoms with Gasteiger partial charge in [0.2, 0.25) is 0 Å². The molecule has 0 aliphatic carbocycles. The smallest absolute Gasteiger partial charge is 0.0501 e. The highest BCUT2D eigenvalue weighted by molar-refractivity contribution is 6.21. The van der Waals surface area contributed by atoms with E-state index in [0.29, 0.717) is 11.4 Å². The number of hydrogen-bond acceptors (Lipinski definition) is 2. The van der Waals surface area contributed by atoms with E-state index in [2.05, 4.69) is 170 Å². The lowest BCUT2D eigenvalue weighted by molar-refractivity contribution is 1.57. The van der Waals surface area contributed by atoms with E-state index in [1.54, 1.807) is 0 Å². The molecule has 0 bridgehead atoms. The fourth-order valence-electron chi connectivity index (χ4n) is 7.68. The van der Waals surface area contributed by atoms with E-state index < -0.39 is 0 Å². The van der Waals surface area contributed by atoms with Gasteiger partial charge in [-0.2, -0.15) is 0 Å². The van der Waals surface area contributed by atoms with Crippen LogP contribution < -0.4 is 11.5 Å². The van der Waals surface area contributed by atoms with Gasteiger partial charge in [-0.3, -0.25) is 0 Å². The molecule has 9 aromatic rings. The first-order valence-corrected chi connectivity index (χ1v) is 16.4. The lowest BCUT2D eigenvalue weighted by Crippen LogP contribution is -2.06. The Labute approximate surface area is 279 Å². The Kier molecular flexibility index (Phi) is 6.48. The highest BCUT2D eigenvalue weighted by Gasteiger charge is 2.28. The van der Waals surface area contributed by atoms with Gasteiger partial charge in [-0.05, 0) is 65.3 Å². The van der Waals surface area contributed by atoms with Crippen LogP contribution in [0.15, 0.2) is 170 Å². The summed E-state index contributed by atoms with van der Waals surface area (Å²) in [5.41, 5.74) is 24.7. The average Bonchev–Trinajstić information content (AvgIpc) is 3.14. The van der Waals surface area contributed by atoms with Crippen LogP contribution in [0.2, 0.25) is 0 Å². The molecular weight excluding hydrogens is 581 g/mol. The number of benzene rings is 9. The molecule has 4 N–H and O–H groups in total. The number of hydrogen-bond donors (Lipinski definition) is 2. The maximum atomic E-state index is 7.59. The Balaban J connectivity index is 1.56. The van der Waals surface area contributed by atoms with Crippen LogP contribution >= 0.6 is 0 Å². The molecule has 0 amide bonds. The number of rotatable bonds is 4. The first-order chi connectivity index (χ1) is 23.7. The van der Waals surface area contributed by atoms with Crippen LogP contribution in [-0.2, 0) is 0 Å². The van der Waals surface area contributed by atoms with E-state index in [9.17, 15) is 0 Å². The Morgan fingerprint density at radius 3 is 0.812 bits per heavy atom. The molecule has 0 aromatic heterocycles. The van der Waals surface area contributed by atoms with Crippen LogP contribution in [0, 0.1) is 0 Å². The van der Waals surface area contributed by atoms with E-state index in [1.807, 2.05) is 0 Å². The fourth-order valence-corrected chi connectivity index (χ4v) is 7.68. The van der Waals surface area contributed by atoms with Crippen molar-refractivity contribution < 1.29 is 0 Å². The van der Waals surface area contributed by atoms with Gasteiger partial charge in [-0.25, -0.2) is 0 Å². The third-order valence-corrected chi connectivity index (χ3v) is 9.81. The summed E-state index contributed by atoms with van der Waals surface area (Å²) in [5.74, 6) is 0. The summed E-state index contributed by atoms with van der Waals surface area (Å²) in [5, 5.41) is 9.19.